The lowest BCUT2D eigenvalue weighted by Gasteiger charge is -2.29. The highest BCUT2D eigenvalue weighted by atomic mass is 32.2. The van der Waals surface area contributed by atoms with Gasteiger partial charge in [-0.3, -0.25) is 14.9 Å². The summed E-state index contributed by atoms with van der Waals surface area (Å²) >= 11 is 1.16. The quantitative estimate of drug-likeness (QED) is 0.309. The Morgan fingerprint density at radius 1 is 1.24 bits per heavy atom. The van der Waals surface area contributed by atoms with E-state index in [0.29, 0.717) is 45.2 Å². The molecule has 0 bridgehead atoms. The molecule has 0 radical (unpaired) electrons. The predicted molar refractivity (Wildman–Crippen MR) is 118 cm³/mol. The van der Waals surface area contributed by atoms with Crippen molar-refractivity contribution >= 4 is 40.8 Å². The summed E-state index contributed by atoms with van der Waals surface area (Å²) in [5, 5.41) is 12.2. The number of aromatic nitrogens is 4. The van der Waals surface area contributed by atoms with Crippen LogP contribution >= 0.6 is 11.8 Å². The van der Waals surface area contributed by atoms with E-state index < -0.39 is 4.92 Å². The van der Waals surface area contributed by atoms with Crippen LogP contribution in [0.4, 0.5) is 11.5 Å². The number of nitrogen functional groups attached to an aromatic ring is 1. The first-order valence-corrected chi connectivity index (χ1v) is 11.3. The molecule has 1 saturated heterocycles. The van der Waals surface area contributed by atoms with Gasteiger partial charge in [-0.2, -0.15) is 0 Å². The van der Waals surface area contributed by atoms with E-state index in [1.807, 2.05) is 4.57 Å². The Morgan fingerprint density at radius 3 is 2.73 bits per heavy atom. The second-order valence-corrected chi connectivity index (χ2v) is 8.89. The van der Waals surface area contributed by atoms with E-state index >= 15 is 0 Å². The van der Waals surface area contributed by atoms with Crippen LogP contribution in [0.1, 0.15) is 19.3 Å². The minimum absolute atomic E-state index is 0.0220. The normalized spacial score (nSPS) is 15.8. The molecule has 0 atom stereocenters. The van der Waals surface area contributed by atoms with Gasteiger partial charge < -0.3 is 24.7 Å². The van der Waals surface area contributed by atoms with Gasteiger partial charge in [0.1, 0.15) is 6.33 Å². The number of nitrogens with zero attached hydrogens (tertiary/aromatic N) is 6. The van der Waals surface area contributed by atoms with Gasteiger partial charge in [0.15, 0.2) is 33.6 Å². The first-order valence-electron chi connectivity index (χ1n) is 10.5. The lowest BCUT2D eigenvalue weighted by atomic mass is 9.94. The monoisotopic (exact) mass is 471 g/mol. The van der Waals surface area contributed by atoms with Gasteiger partial charge >= 0.3 is 0 Å². The number of likely N-dealkylation sites (tertiary alicyclic amines) is 1. The smallest absolute Gasteiger partial charge is 0.287 e. The van der Waals surface area contributed by atoms with Crippen molar-refractivity contribution in [3.05, 3.63) is 28.6 Å². The maximum absolute atomic E-state index is 11.7. The third kappa shape index (κ3) is 4.11. The van der Waals surface area contributed by atoms with E-state index in [4.69, 9.17) is 15.2 Å². The van der Waals surface area contributed by atoms with Crippen molar-refractivity contribution < 1.29 is 19.2 Å². The van der Waals surface area contributed by atoms with Gasteiger partial charge in [-0.25, -0.2) is 15.0 Å². The zero-order chi connectivity index (χ0) is 22.9. The number of piperidine rings is 1. The van der Waals surface area contributed by atoms with E-state index in [-0.39, 0.29) is 18.3 Å². The number of nitro groups is 1. The van der Waals surface area contributed by atoms with Gasteiger partial charge in [0.25, 0.3) is 5.69 Å². The highest BCUT2D eigenvalue weighted by Crippen LogP contribution is 2.44. The van der Waals surface area contributed by atoms with Gasteiger partial charge in [-0.1, -0.05) is 0 Å². The summed E-state index contributed by atoms with van der Waals surface area (Å²) in [6.45, 7) is 2.13. The number of fused-ring (bicyclic) bond motifs is 2. The third-order valence-electron chi connectivity index (χ3n) is 5.94. The molecule has 13 heteroatoms. The Hall–Kier alpha value is -3.61. The number of carbonyl (C=O) groups excluding carboxylic acids is 1. The number of hydrogen-bond donors (Lipinski definition) is 1. The molecule has 0 saturated carbocycles. The van der Waals surface area contributed by atoms with Crippen molar-refractivity contribution in [3.63, 3.8) is 0 Å². The Labute approximate surface area is 192 Å². The van der Waals surface area contributed by atoms with Gasteiger partial charge in [-0.05, 0) is 36.9 Å². The van der Waals surface area contributed by atoms with Crippen molar-refractivity contribution in [2.24, 2.45) is 5.92 Å². The highest BCUT2D eigenvalue weighted by Gasteiger charge is 2.27. The summed E-state index contributed by atoms with van der Waals surface area (Å²) in [4.78, 5) is 37.4. The lowest BCUT2D eigenvalue weighted by Crippen LogP contribution is -2.32. The summed E-state index contributed by atoms with van der Waals surface area (Å²) in [7, 11) is 0. The molecule has 2 aliphatic rings. The van der Waals surface area contributed by atoms with E-state index in [1.165, 1.54) is 12.4 Å². The number of carbonyl (C=O) groups is 1. The number of hydrogen-bond acceptors (Lipinski definition) is 10. The largest absolute Gasteiger partial charge is 0.454 e. The number of aryl methyl sites for hydroxylation is 1. The molecule has 1 aromatic carbocycles. The molecule has 4 heterocycles. The van der Waals surface area contributed by atoms with E-state index in [2.05, 4.69) is 15.0 Å². The summed E-state index contributed by atoms with van der Waals surface area (Å²) in [6.07, 6.45) is 5.00. The molecule has 0 aliphatic carbocycles. The molecule has 0 spiro atoms. The van der Waals surface area contributed by atoms with E-state index in [0.717, 1.165) is 50.5 Å². The minimum Gasteiger partial charge on any atom is -0.454 e. The van der Waals surface area contributed by atoms with Gasteiger partial charge in [0.05, 0.1) is 15.9 Å². The molecule has 1 fully saturated rings. The molecular weight excluding hydrogens is 450 g/mol. The standard InChI is InChI=1S/C20H21N7O5S/c21-18-17-19(23-9-22-18)26(6-3-12-1-4-25(10-28)5-2-12)20(24-17)33-16-8-15-14(31-11-32-15)7-13(16)27(29)30/h7-10,12H,1-6,11H2,(H2,21,22,23). The second-order valence-electron chi connectivity index (χ2n) is 7.88. The summed E-state index contributed by atoms with van der Waals surface area (Å²) in [5.41, 5.74) is 6.98. The predicted octanol–water partition coefficient (Wildman–Crippen LogP) is 2.46. The molecule has 12 nitrogen and oxygen atoms in total. The maximum Gasteiger partial charge on any atom is 0.287 e. The number of imidazole rings is 1. The first-order chi connectivity index (χ1) is 16.0. The fourth-order valence-electron chi connectivity index (χ4n) is 4.11. The molecule has 172 valence electrons. The molecule has 33 heavy (non-hydrogen) atoms. The molecule has 1 amide bonds. The average molecular weight is 471 g/mol. The van der Waals surface area contributed by atoms with E-state index in [1.54, 1.807) is 11.0 Å². The van der Waals surface area contributed by atoms with Gasteiger partial charge in [-0.15, -0.1) is 0 Å². The second kappa shape index (κ2) is 8.73. The van der Waals surface area contributed by atoms with Crippen LogP contribution in [-0.2, 0) is 11.3 Å². The van der Waals surface area contributed by atoms with Gasteiger partial charge in [0, 0.05) is 25.7 Å². The van der Waals surface area contributed by atoms with Crippen molar-refractivity contribution in [3.8, 4) is 11.5 Å². The third-order valence-corrected chi connectivity index (χ3v) is 6.98. The van der Waals surface area contributed by atoms with E-state index in [9.17, 15) is 14.9 Å². The van der Waals surface area contributed by atoms with Crippen LogP contribution in [-0.4, -0.2) is 55.6 Å². The zero-order valence-corrected chi connectivity index (χ0v) is 18.4. The van der Waals surface area contributed by atoms with Crippen molar-refractivity contribution in [2.75, 3.05) is 25.6 Å². The molecule has 2 aliphatic heterocycles. The number of rotatable bonds is 7. The Morgan fingerprint density at radius 2 is 2.00 bits per heavy atom. The van der Waals surface area contributed by atoms with Crippen LogP contribution < -0.4 is 15.2 Å². The van der Waals surface area contributed by atoms with Crippen LogP contribution in [0.15, 0.2) is 28.5 Å². The number of amides is 1. The van der Waals surface area contributed by atoms with Crippen LogP contribution in [0.2, 0.25) is 0 Å². The molecule has 5 rings (SSSR count). The van der Waals surface area contributed by atoms with Crippen LogP contribution in [0, 0.1) is 16.0 Å². The van der Waals surface area contributed by atoms with Crippen molar-refractivity contribution in [2.45, 2.75) is 35.9 Å². The molecular formula is C20H21N7O5S. The first kappa shape index (κ1) is 21.2. The van der Waals surface area contributed by atoms with Crippen molar-refractivity contribution in [1.29, 1.82) is 0 Å². The Bertz CT molecular complexity index is 1230. The molecule has 2 aromatic heterocycles. The fourth-order valence-corrected chi connectivity index (χ4v) is 5.13. The lowest BCUT2D eigenvalue weighted by molar-refractivity contribution is -0.387. The Balaban J connectivity index is 1.47. The Kier molecular flexibility index (Phi) is 5.62. The van der Waals surface area contributed by atoms with Gasteiger partial charge in [0.2, 0.25) is 13.2 Å². The van der Waals surface area contributed by atoms with Crippen LogP contribution in [0.5, 0.6) is 11.5 Å². The number of benzene rings is 1. The average Bonchev–Trinajstić information content (AvgIpc) is 3.42. The maximum atomic E-state index is 11.7. The molecule has 2 N–H and O–H groups in total. The summed E-state index contributed by atoms with van der Waals surface area (Å²) < 4.78 is 12.6. The number of anilines is 1. The fraction of sp³-hybridized carbons (Fsp3) is 0.400. The number of nitrogens with two attached hydrogens (primary N) is 1. The number of ether oxygens (including phenoxy) is 2. The highest BCUT2D eigenvalue weighted by molar-refractivity contribution is 7.99. The van der Waals surface area contributed by atoms with Crippen LogP contribution in [0.25, 0.3) is 11.2 Å². The minimum atomic E-state index is -0.452. The molecule has 3 aromatic rings. The molecule has 0 unspecified atom stereocenters. The SMILES string of the molecule is Nc1ncnc2c1nc(Sc1cc3c(cc1[N+](=O)[O-])OCO3)n2CCC1CCN(C=O)CC1. The zero-order valence-electron chi connectivity index (χ0n) is 17.5. The topological polar surface area (TPSA) is 152 Å². The van der Waals surface area contributed by atoms with Crippen LogP contribution in [0.3, 0.4) is 0 Å². The summed E-state index contributed by atoms with van der Waals surface area (Å²) in [6, 6.07) is 2.96. The summed E-state index contributed by atoms with van der Waals surface area (Å²) in [5.74, 6) is 1.50. The number of nitro benzene ring substituents is 1. The van der Waals surface area contributed by atoms with Crippen molar-refractivity contribution in [1.82, 2.24) is 24.4 Å².